The molecule has 4 rings (SSSR count). The molecule has 0 saturated carbocycles. The van der Waals surface area contributed by atoms with Gasteiger partial charge in [-0.15, -0.1) is 10.2 Å². The Morgan fingerprint density at radius 1 is 1.12 bits per heavy atom. The highest BCUT2D eigenvalue weighted by Crippen LogP contribution is 2.28. The molecule has 0 spiro atoms. The number of amides is 1. The van der Waals surface area contributed by atoms with Gasteiger partial charge in [-0.1, -0.05) is 54.2 Å². The van der Waals surface area contributed by atoms with Crippen LogP contribution in [0.15, 0.2) is 64.4 Å². The number of nitrogens with zero attached hydrogens (tertiary/aromatic N) is 2. The first kappa shape index (κ1) is 22.9. The molecule has 0 bridgehead atoms. The van der Waals surface area contributed by atoms with Crippen LogP contribution in [0, 0.1) is 6.92 Å². The Labute approximate surface area is 197 Å². The number of alkyl carbamates (subject to hydrolysis) is 1. The van der Waals surface area contributed by atoms with Gasteiger partial charge in [-0.3, -0.25) is 0 Å². The molecule has 2 aromatic heterocycles. The van der Waals surface area contributed by atoms with Gasteiger partial charge in [0.1, 0.15) is 11.6 Å². The van der Waals surface area contributed by atoms with Gasteiger partial charge in [0.05, 0.1) is 0 Å². The van der Waals surface area contributed by atoms with Crippen LogP contribution >= 0.6 is 11.8 Å². The number of carbonyl (C=O) groups is 1. The molecule has 0 aliphatic carbocycles. The molecule has 4 aromatic rings. The van der Waals surface area contributed by atoms with E-state index >= 15 is 0 Å². The lowest BCUT2D eigenvalue weighted by molar-refractivity contribution is 0.0494. The number of H-pyrrole nitrogens is 1. The number of aryl methyl sites for hydroxylation is 1. The number of nitrogens with one attached hydrogen (secondary N) is 2. The molecule has 7 nitrogen and oxygen atoms in total. The summed E-state index contributed by atoms with van der Waals surface area (Å²) in [7, 11) is 0. The fourth-order valence-electron chi connectivity index (χ4n) is 3.50. The van der Waals surface area contributed by atoms with Gasteiger partial charge in [-0.2, -0.15) is 0 Å². The third-order valence-electron chi connectivity index (χ3n) is 5.12. The zero-order valence-electron chi connectivity index (χ0n) is 19.2. The summed E-state index contributed by atoms with van der Waals surface area (Å²) in [5.41, 5.74) is 3.89. The normalized spacial score (nSPS) is 12.6. The van der Waals surface area contributed by atoms with Gasteiger partial charge in [-0.05, 0) is 50.5 Å². The van der Waals surface area contributed by atoms with E-state index in [4.69, 9.17) is 9.15 Å². The van der Waals surface area contributed by atoms with Crippen molar-refractivity contribution in [3.05, 3.63) is 77.3 Å². The van der Waals surface area contributed by atoms with E-state index in [9.17, 15) is 4.79 Å². The predicted molar refractivity (Wildman–Crippen MR) is 129 cm³/mol. The van der Waals surface area contributed by atoms with Crippen molar-refractivity contribution in [1.29, 1.82) is 0 Å². The SMILES string of the molecule is Cc1ccccc1CSc1nnc([C@@H](Cc2c[nH]c3ccccc23)NC(=O)OC(C)(C)C)o1. The summed E-state index contributed by atoms with van der Waals surface area (Å²) in [6.45, 7) is 7.56. The number of carbonyl (C=O) groups excluding carboxylic acids is 1. The largest absolute Gasteiger partial charge is 0.444 e. The van der Waals surface area contributed by atoms with Crippen LogP contribution in [0.3, 0.4) is 0 Å². The average molecular weight is 465 g/mol. The molecule has 8 heteroatoms. The molecule has 172 valence electrons. The highest BCUT2D eigenvalue weighted by atomic mass is 32.2. The van der Waals surface area contributed by atoms with Crippen LogP contribution in [-0.4, -0.2) is 26.9 Å². The summed E-state index contributed by atoms with van der Waals surface area (Å²) >= 11 is 1.47. The molecular weight excluding hydrogens is 436 g/mol. The Hall–Kier alpha value is -3.26. The Morgan fingerprint density at radius 2 is 1.88 bits per heavy atom. The second-order valence-electron chi connectivity index (χ2n) is 8.88. The first-order valence-electron chi connectivity index (χ1n) is 10.8. The zero-order chi connectivity index (χ0) is 23.4. The third-order valence-corrected chi connectivity index (χ3v) is 5.99. The summed E-state index contributed by atoms with van der Waals surface area (Å²) in [5, 5.41) is 12.9. The maximum atomic E-state index is 12.6. The fraction of sp³-hybridized carbons (Fsp3) is 0.320. The van der Waals surface area contributed by atoms with E-state index in [2.05, 4.69) is 39.6 Å². The number of aromatic amines is 1. The number of rotatable bonds is 7. The van der Waals surface area contributed by atoms with E-state index in [1.165, 1.54) is 22.9 Å². The van der Waals surface area contributed by atoms with Crippen molar-refractivity contribution in [3.8, 4) is 0 Å². The van der Waals surface area contributed by atoms with Gasteiger partial charge in [0.2, 0.25) is 5.89 Å². The minimum absolute atomic E-state index is 0.346. The topological polar surface area (TPSA) is 93.0 Å². The van der Waals surface area contributed by atoms with Crippen LogP contribution in [0.4, 0.5) is 4.79 Å². The average Bonchev–Trinajstić information content (AvgIpc) is 3.39. The molecule has 33 heavy (non-hydrogen) atoms. The number of para-hydroxylation sites is 1. The lowest BCUT2D eigenvalue weighted by Crippen LogP contribution is -2.36. The van der Waals surface area contributed by atoms with E-state index in [0.29, 0.717) is 17.5 Å². The minimum Gasteiger partial charge on any atom is -0.444 e. The molecule has 1 amide bonds. The third kappa shape index (κ3) is 5.96. The second kappa shape index (κ2) is 9.70. The molecule has 1 atom stereocenters. The number of ether oxygens (including phenoxy) is 1. The number of aromatic nitrogens is 3. The molecule has 2 N–H and O–H groups in total. The van der Waals surface area contributed by atoms with Gasteiger partial charge < -0.3 is 19.5 Å². The Bertz CT molecular complexity index is 1240. The van der Waals surface area contributed by atoms with E-state index in [-0.39, 0.29) is 0 Å². The van der Waals surface area contributed by atoms with E-state index in [1.54, 1.807) is 0 Å². The summed E-state index contributed by atoms with van der Waals surface area (Å²) in [6.07, 6.45) is 1.89. The van der Waals surface area contributed by atoms with Crippen molar-refractivity contribution in [2.75, 3.05) is 0 Å². The maximum Gasteiger partial charge on any atom is 0.408 e. The minimum atomic E-state index is -0.612. The van der Waals surface area contributed by atoms with Gasteiger partial charge in [0.15, 0.2) is 0 Å². The van der Waals surface area contributed by atoms with E-state index < -0.39 is 17.7 Å². The highest BCUT2D eigenvalue weighted by molar-refractivity contribution is 7.98. The van der Waals surface area contributed by atoms with Crippen molar-refractivity contribution in [2.45, 2.75) is 56.7 Å². The van der Waals surface area contributed by atoms with Crippen LogP contribution < -0.4 is 5.32 Å². The van der Waals surface area contributed by atoms with Crippen LogP contribution in [-0.2, 0) is 16.9 Å². The van der Waals surface area contributed by atoms with Gasteiger partial charge >= 0.3 is 6.09 Å². The smallest absolute Gasteiger partial charge is 0.408 e. The fourth-order valence-corrected chi connectivity index (χ4v) is 4.35. The van der Waals surface area contributed by atoms with Crippen molar-refractivity contribution < 1.29 is 13.9 Å². The molecule has 0 aliphatic rings. The highest BCUT2D eigenvalue weighted by Gasteiger charge is 2.26. The molecule has 0 radical (unpaired) electrons. The van der Waals surface area contributed by atoms with Crippen molar-refractivity contribution in [2.24, 2.45) is 0 Å². The quantitative estimate of drug-likeness (QED) is 0.328. The summed E-state index contributed by atoms with van der Waals surface area (Å²) in [5.74, 6) is 1.07. The van der Waals surface area contributed by atoms with Gasteiger partial charge in [0.25, 0.3) is 5.22 Å². The van der Waals surface area contributed by atoms with Crippen LogP contribution in [0.5, 0.6) is 0 Å². The molecule has 0 aliphatic heterocycles. The van der Waals surface area contributed by atoms with E-state index in [1.807, 2.05) is 63.4 Å². The lowest BCUT2D eigenvalue weighted by atomic mass is 10.1. The molecule has 0 fully saturated rings. The summed E-state index contributed by atoms with van der Waals surface area (Å²) < 4.78 is 11.4. The van der Waals surface area contributed by atoms with Crippen LogP contribution in [0.2, 0.25) is 0 Å². The number of hydrogen-bond donors (Lipinski definition) is 2. The Balaban J connectivity index is 1.54. The predicted octanol–water partition coefficient (Wildman–Crippen LogP) is 5.96. The zero-order valence-corrected chi connectivity index (χ0v) is 20.0. The van der Waals surface area contributed by atoms with E-state index in [0.717, 1.165) is 22.2 Å². The number of thioether (sulfide) groups is 1. The summed E-state index contributed by atoms with van der Waals surface area (Å²) in [6, 6.07) is 15.7. The summed E-state index contributed by atoms with van der Waals surface area (Å²) in [4.78, 5) is 15.8. The van der Waals surface area contributed by atoms with Crippen LogP contribution in [0.25, 0.3) is 10.9 Å². The monoisotopic (exact) mass is 464 g/mol. The van der Waals surface area contributed by atoms with Crippen molar-refractivity contribution in [3.63, 3.8) is 0 Å². The van der Waals surface area contributed by atoms with Crippen LogP contribution in [0.1, 0.15) is 49.4 Å². The number of benzene rings is 2. The molecule has 0 saturated heterocycles. The number of fused-ring (bicyclic) bond motifs is 1. The standard InChI is InChI=1S/C25H28N4O3S/c1-16-9-5-6-10-17(16)15-33-24-29-28-22(31-24)21(27-23(30)32-25(2,3)4)13-18-14-26-20-12-8-7-11-19(18)20/h5-12,14,21,26H,13,15H2,1-4H3,(H,27,30)/t21-/m1/s1. The second-order valence-corrected chi connectivity index (χ2v) is 9.81. The number of hydrogen-bond acceptors (Lipinski definition) is 6. The molecular formula is C25H28N4O3S. The molecule has 2 heterocycles. The first-order valence-corrected chi connectivity index (χ1v) is 11.8. The first-order chi connectivity index (χ1) is 15.8. The lowest BCUT2D eigenvalue weighted by Gasteiger charge is -2.22. The van der Waals surface area contributed by atoms with Gasteiger partial charge in [-0.25, -0.2) is 4.79 Å². The van der Waals surface area contributed by atoms with Gasteiger partial charge in [0, 0.05) is 29.3 Å². The van der Waals surface area contributed by atoms with Crippen molar-refractivity contribution in [1.82, 2.24) is 20.5 Å². The molecule has 2 aromatic carbocycles. The Kier molecular flexibility index (Phi) is 6.74. The van der Waals surface area contributed by atoms with Crippen molar-refractivity contribution >= 4 is 28.8 Å². The maximum absolute atomic E-state index is 12.6. The molecule has 0 unspecified atom stereocenters. The Morgan fingerprint density at radius 3 is 2.67 bits per heavy atom.